The number of rotatable bonds is 5. The highest BCUT2D eigenvalue weighted by Crippen LogP contribution is 2.41. The molecule has 0 saturated carbocycles. The summed E-state index contributed by atoms with van der Waals surface area (Å²) in [4.78, 5) is 11.5. The predicted molar refractivity (Wildman–Crippen MR) is 85.4 cm³/mol. The highest BCUT2D eigenvalue weighted by Gasteiger charge is 2.48. The summed E-state index contributed by atoms with van der Waals surface area (Å²) >= 11 is 10.1. The molecule has 2 rings (SSSR count). The summed E-state index contributed by atoms with van der Waals surface area (Å²) in [6.07, 6.45) is 1.52. The maximum absolute atomic E-state index is 12.6. The summed E-state index contributed by atoms with van der Waals surface area (Å²) in [5, 5.41) is 9.79. The molecule has 0 aromatic carbocycles. The van der Waals surface area contributed by atoms with Crippen LogP contribution >= 0.6 is 38.9 Å². The summed E-state index contributed by atoms with van der Waals surface area (Å²) < 4.78 is 27.1. The zero-order valence-corrected chi connectivity index (χ0v) is 15.3. The number of carbonyl (C=O) groups is 1. The highest BCUT2D eigenvalue weighted by atomic mass is 79.9. The Morgan fingerprint density at radius 2 is 2.29 bits per heavy atom. The van der Waals surface area contributed by atoms with Crippen LogP contribution in [0.4, 0.5) is 0 Å². The molecule has 21 heavy (non-hydrogen) atoms. The molecule has 1 N–H and O–H groups in total. The van der Waals surface area contributed by atoms with Gasteiger partial charge in [-0.25, -0.2) is 8.42 Å². The minimum absolute atomic E-state index is 0.0195. The largest absolute Gasteiger partial charge is 0.481 e. The van der Waals surface area contributed by atoms with Gasteiger partial charge in [0.2, 0.25) is 0 Å². The van der Waals surface area contributed by atoms with Crippen LogP contribution in [-0.2, 0) is 14.8 Å². The fourth-order valence-electron chi connectivity index (χ4n) is 2.58. The summed E-state index contributed by atoms with van der Waals surface area (Å²) in [6, 6.07) is 1.40. The second-order valence-corrected chi connectivity index (χ2v) is 10.1. The minimum atomic E-state index is -3.69. The Bertz CT molecular complexity index is 641. The molecule has 1 aliphatic heterocycles. The van der Waals surface area contributed by atoms with E-state index in [1.54, 1.807) is 0 Å². The van der Waals surface area contributed by atoms with E-state index in [1.165, 1.54) is 10.4 Å². The molecule has 1 fully saturated rings. The van der Waals surface area contributed by atoms with E-state index in [-0.39, 0.29) is 17.3 Å². The number of hydrogen-bond donors (Lipinski definition) is 1. The van der Waals surface area contributed by atoms with E-state index < -0.39 is 21.4 Å². The van der Waals surface area contributed by atoms with E-state index in [0.717, 1.165) is 11.3 Å². The Labute approximate surface area is 141 Å². The van der Waals surface area contributed by atoms with Crippen molar-refractivity contribution in [3.63, 3.8) is 0 Å². The summed E-state index contributed by atoms with van der Waals surface area (Å²) in [7, 11) is -3.69. The van der Waals surface area contributed by atoms with Crippen LogP contribution in [0, 0.1) is 5.41 Å². The maximum atomic E-state index is 12.6. The molecule has 1 atom stereocenters. The van der Waals surface area contributed by atoms with E-state index in [1.807, 2.05) is 6.92 Å². The average molecular weight is 417 g/mol. The number of carboxylic acids is 1. The highest BCUT2D eigenvalue weighted by molar-refractivity contribution is 9.11. The fraction of sp³-hybridized carbons (Fsp3) is 0.583. The number of thiophene rings is 1. The second kappa shape index (κ2) is 6.16. The van der Waals surface area contributed by atoms with Crippen molar-refractivity contribution in [3.8, 4) is 0 Å². The third kappa shape index (κ3) is 3.14. The molecule has 1 saturated heterocycles. The Morgan fingerprint density at radius 1 is 1.62 bits per heavy atom. The molecule has 9 heteroatoms. The van der Waals surface area contributed by atoms with Gasteiger partial charge in [-0.3, -0.25) is 4.79 Å². The molecule has 0 aliphatic carbocycles. The summed E-state index contributed by atoms with van der Waals surface area (Å²) in [5.74, 6) is -0.924. The van der Waals surface area contributed by atoms with Crippen LogP contribution in [0.5, 0.6) is 0 Å². The molecule has 1 unspecified atom stereocenters. The standard InChI is InChI=1S/C12H15BrClNO4S2/c1-2-3-12(11(16)17)4-5-15(7-12)21(18,19)9-6-8(14)10(13)20-9/h6H,2-5,7H2,1H3,(H,16,17). The minimum Gasteiger partial charge on any atom is -0.481 e. The van der Waals surface area contributed by atoms with Gasteiger partial charge < -0.3 is 5.11 Å². The van der Waals surface area contributed by atoms with Crippen molar-refractivity contribution in [1.29, 1.82) is 0 Å². The zero-order valence-electron chi connectivity index (χ0n) is 11.3. The van der Waals surface area contributed by atoms with Gasteiger partial charge in [0.15, 0.2) is 0 Å². The molecular weight excluding hydrogens is 402 g/mol. The van der Waals surface area contributed by atoms with E-state index in [9.17, 15) is 18.3 Å². The Balaban J connectivity index is 2.29. The third-order valence-corrected chi connectivity index (χ3v) is 8.49. The molecule has 5 nitrogen and oxygen atoms in total. The smallest absolute Gasteiger partial charge is 0.311 e. The topological polar surface area (TPSA) is 74.7 Å². The molecule has 118 valence electrons. The van der Waals surface area contributed by atoms with Gasteiger partial charge in [-0.2, -0.15) is 4.31 Å². The molecule has 0 amide bonds. The predicted octanol–water partition coefficient (Wildman–Crippen LogP) is 3.43. The van der Waals surface area contributed by atoms with Crippen molar-refractivity contribution in [2.24, 2.45) is 5.41 Å². The van der Waals surface area contributed by atoms with Crippen LogP contribution in [0.2, 0.25) is 5.02 Å². The van der Waals surface area contributed by atoms with Gasteiger partial charge in [0.25, 0.3) is 10.0 Å². The molecule has 1 aliphatic rings. The van der Waals surface area contributed by atoms with E-state index >= 15 is 0 Å². The van der Waals surface area contributed by atoms with Gasteiger partial charge in [0, 0.05) is 13.1 Å². The first-order chi connectivity index (χ1) is 9.73. The van der Waals surface area contributed by atoms with Gasteiger partial charge in [-0.05, 0) is 34.8 Å². The third-order valence-electron chi connectivity index (χ3n) is 3.72. The van der Waals surface area contributed by atoms with Crippen LogP contribution < -0.4 is 0 Å². The Morgan fingerprint density at radius 3 is 2.76 bits per heavy atom. The lowest BCUT2D eigenvalue weighted by Crippen LogP contribution is -2.36. The van der Waals surface area contributed by atoms with E-state index in [4.69, 9.17) is 11.6 Å². The molecule has 0 radical (unpaired) electrons. The van der Waals surface area contributed by atoms with Crippen LogP contribution in [0.1, 0.15) is 26.2 Å². The first-order valence-corrected chi connectivity index (χ1v) is 9.84. The first kappa shape index (κ1) is 17.2. The van der Waals surface area contributed by atoms with Crippen molar-refractivity contribution in [3.05, 3.63) is 14.9 Å². The zero-order chi connectivity index (χ0) is 15.8. The van der Waals surface area contributed by atoms with Crippen molar-refractivity contribution in [2.45, 2.75) is 30.4 Å². The SMILES string of the molecule is CCCC1(C(=O)O)CCN(S(=O)(=O)c2cc(Cl)c(Br)s2)C1. The quantitative estimate of drug-likeness (QED) is 0.798. The van der Waals surface area contributed by atoms with Gasteiger partial charge in [-0.1, -0.05) is 24.9 Å². The van der Waals surface area contributed by atoms with Crippen LogP contribution in [-0.4, -0.2) is 36.9 Å². The van der Waals surface area contributed by atoms with Gasteiger partial charge in [-0.15, -0.1) is 11.3 Å². The fourth-order valence-corrected chi connectivity index (χ4v) is 6.67. The summed E-state index contributed by atoms with van der Waals surface area (Å²) in [5.41, 5.74) is -0.972. The maximum Gasteiger partial charge on any atom is 0.311 e. The number of hydrogen-bond acceptors (Lipinski definition) is 4. The number of nitrogens with zero attached hydrogens (tertiary/aromatic N) is 1. The van der Waals surface area contributed by atoms with E-state index in [2.05, 4.69) is 15.9 Å². The molecular formula is C12H15BrClNO4S2. The van der Waals surface area contributed by atoms with Crippen molar-refractivity contribution < 1.29 is 18.3 Å². The first-order valence-electron chi connectivity index (χ1n) is 6.41. The molecule has 2 heterocycles. The molecule has 0 bridgehead atoms. The monoisotopic (exact) mass is 415 g/mol. The van der Waals surface area contributed by atoms with E-state index in [0.29, 0.717) is 28.1 Å². The summed E-state index contributed by atoms with van der Waals surface area (Å²) in [6.45, 7) is 2.14. The van der Waals surface area contributed by atoms with Gasteiger partial charge in [0.05, 0.1) is 14.2 Å². The number of halogens is 2. The van der Waals surface area contributed by atoms with Gasteiger partial charge >= 0.3 is 5.97 Å². The van der Waals surface area contributed by atoms with Crippen LogP contribution in [0.25, 0.3) is 0 Å². The van der Waals surface area contributed by atoms with Crippen LogP contribution in [0.3, 0.4) is 0 Å². The normalized spacial score (nSPS) is 23.6. The number of sulfonamides is 1. The van der Waals surface area contributed by atoms with Crippen molar-refractivity contribution in [2.75, 3.05) is 13.1 Å². The molecule has 1 aromatic heterocycles. The number of carboxylic acid groups (broad SMARTS) is 1. The lowest BCUT2D eigenvalue weighted by Gasteiger charge is -2.23. The second-order valence-electron chi connectivity index (χ2n) is 5.11. The lowest BCUT2D eigenvalue weighted by atomic mass is 9.83. The van der Waals surface area contributed by atoms with Crippen LogP contribution in [0.15, 0.2) is 14.1 Å². The molecule has 0 spiro atoms. The van der Waals surface area contributed by atoms with Crippen molar-refractivity contribution in [1.82, 2.24) is 4.31 Å². The lowest BCUT2D eigenvalue weighted by molar-refractivity contribution is -0.148. The van der Waals surface area contributed by atoms with Crippen molar-refractivity contribution >= 4 is 54.9 Å². The average Bonchev–Trinajstić information content (AvgIpc) is 2.97. The molecule has 1 aromatic rings. The van der Waals surface area contributed by atoms with Gasteiger partial charge in [0.1, 0.15) is 4.21 Å². The number of aliphatic carboxylic acids is 1. The Hall–Kier alpha value is -0.150. The Kier molecular flexibility index (Phi) is 5.04.